The number of hydrogen-bond acceptors (Lipinski definition) is 6. The van der Waals surface area contributed by atoms with Gasteiger partial charge in [0.2, 0.25) is 5.91 Å². The molecule has 98 valence electrons. The Bertz CT molecular complexity index is 424. The minimum absolute atomic E-state index is 0.125. The molecule has 0 saturated carbocycles. The van der Waals surface area contributed by atoms with Crippen LogP contribution in [0, 0.1) is 0 Å². The molecule has 1 aromatic rings. The van der Waals surface area contributed by atoms with Crippen LogP contribution >= 0.6 is 0 Å². The molecule has 18 heavy (non-hydrogen) atoms. The largest absolute Gasteiger partial charge is 0.353 e. The van der Waals surface area contributed by atoms with Crippen molar-refractivity contribution in [2.45, 2.75) is 13.3 Å². The maximum atomic E-state index is 11.3. The molecular weight excluding hydrogens is 232 g/mol. The lowest BCUT2D eigenvalue weighted by atomic mass is 10.4. The van der Waals surface area contributed by atoms with E-state index in [9.17, 15) is 4.79 Å². The van der Waals surface area contributed by atoms with Gasteiger partial charge in [-0.1, -0.05) is 0 Å². The van der Waals surface area contributed by atoms with Gasteiger partial charge in [-0.25, -0.2) is 10.8 Å². The summed E-state index contributed by atoms with van der Waals surface area (Å²) in [7, 11) is 0. The SMILES string of the molecule is CC(=O)N1CCCN(c2cncc(NN)n2)CC1. The number of anilines is 2. The number of nitrogens with zero attached hydrogens (tertiary/aromatic N) is 4. The Morgan fingerprint density at radius 1 is 1.33 bits per heavy atom. The normalized spacial score (nSPS) is 16.3. The van der Waals surface area contributed by atoms with E-state index in [0.29, 0.717) is 5.82 Å². The molecule has 7 heteroatoms. The third kappa shape index (κ3) is 2.86. The summed E-state index contributed by atoms with van der Waals surface area (Å²) in [5.41, 5.74) is 2.48. The number of hydrazine groups is 1. The number of carbonyl (C=O) groups excluding carboxylic acids is 1. The highest BCUT2D eigenvalue weighted by Crippen LogP contribution is 2.14. The number of amides is 1. The predicted molar refractivity (Wildman–Crippen MR) is 68.9 cm³/mol. The number of nitrogens with one attached hydrogen (secondary N) is 1. The molecule has 0 aromatic carbocycles. The minimum atomic E-state index is 0.125. The van der Waals surface area contributed by atoms with Gasteiger partial charge in [-0.15, -0.1) is 0 Å². The van der Waals surface area contributed by atoms with Gasteiger partial charge in [0.1, 0.15) is 5.82 Å². The van der Waals surface area contributed by atoms with E-state index >= 15 is 0 Å². The smallest absolute Gasteiger partial charge is 0.219 e. The molecule has 7 nitrogen and oxygen atoms in total. The summed E-state index contributed by atoms with van der Waals surface area (Å²) < 4.78 is 0. The highest BCUT2D eigenvalue weighted by molar-refractivity contribution is 5.73. The van der Waals surface area contributed by atoms with Crippen molar-refractivity contribution in [1.82, 2.24) is 14.9 Å². The lowest BCUT2D eigenvalue weighted by Gasteiger charge is -2.22. The van der Waals surface area contributed by atoms with Crippen molar-refractivity contribution in [2.75, 3.05) is 36.5 Å². The molecule has 0 aliphatic carbocycles. The molecule has 2 heterocycles. The second kappa shape index (κ2) is 5.63. The number of aromatic nitrogens is 2. The number of rotatable bonds is 2. The Hall–Kier alpha value is -1.89. The first kappa shape index (κ1) is 12.6. The van der Waals surface area contributed by atoms with Gasteiger partial charge in [-0.05, 0) is 6.42 Å². The number of nitrogen functional groups attached to an aromatic ring is 1. The second-order valence-electron chi connectivity index (χ2n) is 4.25. The fourth-order valence-electron chi connectivity index (χ4n) is 2.04. The number of carbonyl (C=O) groups is 1. The molecule has 3 N–H and O–H groups in total. The van der Waals surface area contributed by atoms with Crippen molar-refractivity contribution in [3.8, 4) is 0 Å². The summed E-state index contributed by atoms with van der Waals surface area (Å²) >= 11 is 0. The second-order valence-corrected chi connectivity index (χ2v) is 4.25. The summed E-state index contributed by atoms with van der Waals surface area (Å²) in [6, 6.07) is 0. The average molecular weight is 250 g/mol. The number of hydrogen-bond donors (Lipinski definition) is 2. The molecule has 0 spiro atoms. The molecule has 1 aliphatic rings. The maximum Gasteiger partial charge on any atom is 0.219 e. The maximum absolute atomic E-state index is 11.3. The van der Waals surface area contributed by atoms with Crippen LogP contribution in [0.2, 0.25) is 0 Å². The first-order valence-corrected chi connectivity index (χ1v) is 6.00. The van der Waals surface area contributed by atoms with Gasteiger partial charge in [-0.3, -0.25) is 9.78 Å². The van der Waals surface area contributed by atoms with Crippen LogP contribution in [0.5, 0.6) is 0 Å². The summed E-state index contributed by atoms with van der Waals surface area (Å²) in [6.07, 6.45) is 4.22. The summed E-state index contributed by atoms with van der Waals surface area (Å²) in [5, 5.41) is 0. The Balaban J connectivity index is 2.07. The third-order valence-electron chi connectivity index (χ3n) is 3.03. The molecule has 2 rings (SSSR count). The van der Waals surface area contributed by atoms with Crippen LogP contribution in [0.3, 0.4) is 0 Å². The van der Waals surface area contributed by atoms with E-state index in [1.165, 1.54) is 0 Å². The van der Waals surface area contributed by atoms with Gasteiger partial charge in [0.05, 0.1) is 12.4 Å². The molecule has 1 fully saturated rings. The minimum Gasteiger partial charge on any atom is -0.353 e. The van der Waals surface area contributed by atoms with Crippen LogP contribution in [0.4, 0.5) is 11.6 Å². The van der Waals surface area contributed by atoms with Gasteiger partial charge in [0.15, 0.2) is 5.82 Å². The van der Waals surface area contributed by atoms with Crippen LogP contribution in [-0.2, 0) is 4.79 Å². The fourth-order valence-corrected chi connectivity index (χ4v) is 2.04. The summed E-state index contributed by atoms with van der Waals surface area (Å²) in [5.74, 6) is 6.77. The average Bonchev–Trinajstić information content (AvgIpc) is 2.64. The van der Waals surface area contributed by atoms with Gasteiger partial charge in [-0.2, -0.15) is 0 Å². The Morgan fingerprint density at radius 2 is 2.17 bits per heavy atom. The Labute approximate surface area is 106 Å². The van der Waals surface area contributed by atoms with Crippen molar-refractivity contribution in [3.63, 3.8) is 0 Å². The van der Waals surface area contributed by atoms with E-state index in [-0.39, 0.29) is 5.91 Å². The highest BCUT2D eigenvalue weighted by Gasteiger charge is 2.17. The molecule has 1 saturated heterocycles. The zero-order valence-electron chi connectivity index (χ0n) is 10.5. The monoisotopic (exact) mass is 250 g/mol. The molecule has 0 bridgehead atoms. The van der Waals surface area contributed by atoms with E-state index in [2.05, 4.69) is 20.3 Å². The fraction of sp³-hybridized carbons (Fsp3) is 0.545. The van der Waals surface area contributed by atoms with E-state index in [1.54, 1.807) is 19.3 Å². The van der Waals surface area contributed by atoms with E-state index < -0.39 is 0 Å². The van der Waals surface area contributed by atoms with Crippen LogP contribution in [0.25, 0.3) is 0 Å². The van der Waals surface area contributed by atoms with Crippen molar-refractivity contribution < 1.29 is 4.79 Å². The lowest BCUT2D eigenvalue weighted by Crippen LogP contribution is -2.34. The Kier molecular flexibility index (Phi) is 3.93. The zero-order valence-corrected chi connectivity index (χ0v) is 10.5. The van der Waals surface area contributed by atoms with Crippen LogP contribution in [0.1, 0.15) is 13.3 Å². The summed E-state index contributed by atoms with van der Waals surface area (Å²) in [4.78, 5) is 23.8. The summed E-state index contributed by atoms with van der Waals surface area (Å²) in [6.45, 7) is 4.76. The van der Waals surface area contributed by atoms with E-state index in [0.717, 1.165) is 38.4 Å². The Morgan fingerprint density at radius 3 is 2.89 bits per heavy atom. The zero-order chi connectivity index (χ0) is 13.0. The van der Waals surface area contributed by atoms with Crippen LogP contribution < -0.4 is 16.2 Å². The molecule has 1 amide bonds. The van der Waals surface area contributed by atoms with E-state index in [1.807, 2.05) is 4.90 Å². The molecule has 1 aliphatic heterocycles. The van der Waals surface area contributed by atoms with Gasteiger partial charge < -0.3 is 15.2 Å². The highest BCUT2D eigenvalue weighted by atomic mass is 16.2. The quantitative estimate of drug-likeness (QED) is 0.559. The standard InChI is InChI=1S/C11H18N6O/c1-9(18)16-3-2-4-17(6-5-16)11-8-13-7-10(14-11)15-12/h7-8H,2-6,12H2,1H3,(H,14,15). The molecule has 0 unspecified atom stereocenters. The molecule has 0 atom stereocenters. The van der Waals surface area contributed by atoms with Crippen molar-refractivity contribution in [2.24, 2.45) is 5.84 Å². The van der Waals surface area contributed by atoms with Crippen molar-refractivity contribution in [3.05, 3.63) is 12.4 Å². The first-order chi connectivity index (χ1) is 8.70. The molecule has 1 aromatic heterocycles. The topological polar surface area (TPSA) is 87.4 Å². The van der Waals surface area contributed by atoms with Gasteiger partial charge in [0.25, 0.3) is 0 Å². The predicted octanol–water partition coefficient (Wildman–Crippen LogP) is -0.179. The number of nitrogens with two attached hydrogens (primary N) is 1. The lowest BCUT2D eigenvalue weighted by molar-refractivity contribution is -0.128. The molecule has 0 radical (unpaired) electrons. The first-order valence-electron chi connectivity index (χ1n) is 6.00. The molecular formula is C11H18N6O. The van der Waals surface area contributed by atoms with Crippen molar-refractivity contribution in [1.29, 1.82) is 0 Å². The van der Waals surface area contributed by atoms with Crippen LogP contribution in [0.15, 0.2) is 12.4 Å². The van der Waals surface area contributed by atoms with E-state index in [4.69, 9.17) is 5.84 Å². The van der Waals surface area contributed by atoms with Crippen molar-refractivity contribution >= 4 is 17.5 Å². The van der Waals surface area contributed by atoms with Gasteiger partial charge >= 0.3 is 0 Å². The van der Waals surface area contributed by atoms with Crippen LogP contribution in [-0.4, -0.2) is 47.0 Å². The third-order valence-corrected chi connectivity index (χ3v) is 3.03. The van der Waals surface area contributed by atoms with Gasteiger partial charge in [0, 0.05) is 33.1 Å².